The molecule has 0 radical (unpaired) electrons. The first kappa shape index (κ1) is 10.5. The highest BCUT2D eigenvalue weighted by molar-refractivity contribution is 9.10. The van der Waals surface area contributed by atoms with Gasteiger partial charge in [0.1, 0.15) is 0 Å². The highest BCUT2D eigenvalue weighted by Gasteiger charge is 2.47. The first-order valence-electron chi connectivity index (χ1n) is 4.17. The van der Waals surface area contributed by atoms with Crippen molar-refractivity contribution in [2.24, 2.45) is 0 Å². The maximum Gasteiger partial charge on any atom is 0.236 e. The fraction of sp³-hybridized carbons (Fsp3) is 0.333. The third kappa shape index (κ3) is 2.12. The summed E-state index contributed by atoms with van der Waals surface area (Å²) in [4.78, 5) is 0. The van der Waals surface area contributed by atoms with Crippen molar-refractivity contribution in [1.29, 1.82) is 0 Å². The van der Waals surface area contributed by atoms with Crippen LogP contribution in [0.1, 0.15) is 17.9 Å². The van der Waals surface area contributed by atoms with Crippen molar-refractivity contribution >= 4 is 35.7 Å². The molecule has 2 nitrogen and oxygen atoms in total. The van der Waals surface area contributed by atoms with E-state index in [2.05, 4.69) is 15.9 Å². The van der Waals surface area contributed by atoms with E-state index in [4.69, 9.17) is 10.7 Å². The number of hydrogen-bond donors (Lipinski definition) is 0. The zero-order valence-corrected chi connectivity index (χ0v) is 10.3. The van der Waals surface area contributed by atoms with Crippen molar-refractivity contribution in [2.45, 2.75) is 17.6 Å². The van der Waals surface area contributed by atoms with Gasteiger partial charge in [-0.3, -0.25) is 0 Å². The van der Waals surface area contributed by atoms with Gasteiger partial charge in [0, 0.05) is 21.1 Å². The van der Waals surface area contributed by atoms with Crippen LogP contribution in [0.5, 0.6) is 0 Å². The molecule has 1 fully saturated rings. The van der Waals surface area contributed by atoms with Gasteiger partial charge in [-0.1, -0.05) is 28.1 Å². The van der Waals surface area contributed by atoms with E-state index in [-0.39, 0.29) is 5.92 Å². The maximum absolute atomic E-state index is 11.0. The minimum Gasteiger partial charge on any atom is -0.212 e. The molecule has 0 N–H and O–H groups in total. The van der Waals surface area contributed by atoms with E-state index in [1.807, 2.05) is 24.3 Å². The normalized spacial score (nSPS) is 26.1. The van der Waals surface area contributed by atoms with E-state index >= 15 is 0 Å². The zero-order chi connectivity index (χ0) is 10.3. The average Bonchev–Trinajstić information content (AvgIpc) is 2.81. The Kier molecular flexibility index (Phi) is 2.62. The maximum atomic E-state index is 11.0. The molecule has 5 heteroatoms. The van der Waals surface area contributed by atoms with Gasteiger partial charge in [-0.15, -0.1) is 0 Å². The molecule has 1 aromatic carbocycles. The number of rotatable bonds is 2. The van der Waals surface area contributed by atoms with Crippen LogP contribution >= 0.6 is 26.6 Å². The largest absolute Gasteiger partial charge is 0.236 e. The van der Waals surface area contributed by atoms with Crippen molar-refractivity contribution in [2.75, 3.05) is 0 Å². The van der Waals surface area contributed by atoms with Crippen LogP contribution in [0.4, 0.5) is 0 Å². The summed E-state index contributed by atoms with van der Waals surface area (Å²) in [5.41, 5.74) is 1.04. The molecule has 2 rings (SSSR count). The van der Waals surface area contributed by atoms with Gasteiger partial charge < -0.3 is 0 Å². The number of benzene rings is 1. The van der Waals surface area contributed by atoms with Gasteiger partial charge in [0.25, 0.3) is 0 Å². The summed E-state index contributed by atoms with van der Waals surface area (Å²) in [6.45, 7) is 0. The zero-order valence-electron chi connectivity index (χ0n) is 7.15. The van der Waals surface area contributed by atoms with Crippen molar-refractivity contribution in [3.8, 4) is 0 Å². The van der Waals surface area contributed by atoms with Gasteiger partial charge in [0.2, 0.25) is 9.05 Å². The van der Waals surface area contributed by atoms with E-state index in [0.29, 0.717) is 6.42 Å². The predicted molar refractivity (Wildman–Crippen MR) is 60.1 cm³/mol. The Bertz CT molecular complexity index is 458. The molecule has 1 saturated carbocycles. The predicted octanol–water partition coefficient (Wildman–Crippen LogP) is 2.87. The minimum absolute atomic E-state index is 0.0787. The Morgan fingerprint density at radius 2 is 2.14 bits per heavy atom. The molecular formula is C9H8BrClO2S. The molecule has 1 aliphatic carbocycles. The Morgan fingerprint density at radius 3 is 2.64 bits per heavy atom. The second-order valence-corrected chi connectivity index (χ2v) is 7.17. The van der Waals surface area contributed by atoms with Crippen LogP contribution in [0.15, 0.2) is 28.7 Å². The van der Waals surface area contributed by atoms with Crippen LogP contribution < -0.4 is 0 Å². The van der Waals surface area contributed by atoms with Crippen LogP contribution in [0.3, 0.4) is 0 Å². The van der Waals surface area contributed by atoms with E-state index in [1.54, 1.807) is 0 Å². The Labute approximate surface area is 95.8 Å². The van der Waals surface area contributed by atoms with E-state index in [0.717, 1.165) is 10.0 Å². The van der Waals surface area contributed by atoms with Gasteiger partial charge in [-0.25, -0.2) is 8.42 Å². The highest BCUT2D eigenvalue weighted by atomic mass is 79.9. The van der Waals surface area contributed by atoms with Crippen molar-refractivity contribution in [1.82, 2.24) is 0 Å². The molecule has 0 bridgehead atoms. The van der Waals surface area contributed by atoms with Crippen LogP contribution in [0.25, 0.3) is 0 Å². The lowest BCUT2D eigenvalue weighted by atomic mass is 10.1. The van der Waals surface area contributed by atoms with Crippen LogP contribution in [0, 0.1) is 0 Å². The smallest absolute Gasteiger partial charge is 0.212 e. The number of halogens is 2. The summed E-state index contributed by atoms with van der Waals surface area (Å²) in [5.74, 6) is 0.0787. The molecule has 0 spiro atoms. The van der Waals surface area contributed by atoms with Crippen LogP contribution in [-0.2, 0) is 9.05 Å². The van der Waals surface area contributed by atoms with E-state index in [1.165, 1.54) is 0 Å². The SMILES string of the molecule is O=S(=O)(Cl)C1CC1c1cccc(Br)c1. The molecule has 0 amide bonds. The first-order chi connectivity index (χ1) is 6.48. The van der Waals surface area contributed by atoms with Crippen molar-refractivity contribution < 1.29 is 8.42 Å². The average molecular weight is 296 g/mol. The molecule has 76 valence electrons. The second-order valence-electron chi connectivity index (χ2n) is 3.41. The highest BCUT2D eigenvalue weighted by Crippen LogP contribution is 2.47. The van der Waals surface area contributed by atoms with Crippen LogP contribution in [-0.4, -0.2) is 13.7 Å². The fourth-order valence-corrected chi connectivity index (χ4v) is 3.57. The molecule has 0 aliphatic heterocycles. The lowest BCUT2D eigenvalue weighted by molar-refractivity contribution is 0.607. The third-order valence-electron chi connectivity index (χ3n) is 2.37. The molecule has 0 heterocycles. The Balaban J connectivity index is 2.22. The molecule has 1 aliphatic rings. The molecular weight excluding hydrogens is 288 g/mol. The summed E-state index contributed by atoms with van der Waals surface area (Å²) < 4.78 is 23.0. The summed E-state index contributed by atoms with van der Waals surface area (Å²) in [7, 11) is 1.89. The molecule has 2 atom stereocenters. The van der Waals surface area contributed by atoms with Gasteiger partial charge in [0.05, 0.1) is 5.25 Å². The lowest BCUT2D eigenvalue weighted by Crippen LogP contribution is -1.99. The second kappa shape index (κ2) is 3.51. The summed E-state index contributed by atoms with van der Waals surface area (Å²) in [5, 5.41) is -0.390. The minimum atomic E-state index is -3.38. The van der Waals surface area contributed by atoms with Gasteiger partial charge in [-0.05, 0) is 24.1 Å². The molecule has 0 aromatic heterocycles. The monoisotopic (exact) mass is 294 g/mol. The van der Waals surface area contributed by atoms with Gasteiger partial charge >= 0.3 is 0 Å². The first-order valence-corrected chi connectivity index (χ1v) is 7.34. The third-order valence-corrected chi connectivity index (χ3v) is 4.79. The van der Waals surface area contributed by atoms with E-state index < -0.39 is 14.3 Å². The molecule has 14 heavy (non-hydrogen) atoms. The Hall–Kier alpha value is -0.0600. The van der Waals surface area contributed by atoms with Crippen molar-refractivity contribution in [3.63, 3.8) is 0 Å². The molecule has 0 saturated heterocycles. The lowest BCUT2D eigenvalue weighted by Gasteiger charge is -1.98. The summed E-state index contributed by atoms with van der Waals surface area (Å²) in [6, 6.07) is 7.68. The summed E-state index contributed by atoms with van der Waals surface area (Å²) in [6.07, 6.45) is 0.641. The number of hydrogen-bond acceptors (Lipinski definition) is 2. The van der Waals surface area contributed by atoms with Gasteiger partial charge in [-0.2, -0.15) is 0 Å². The van der Waals surface area contributed by atoms with E-state index in [9.17, 15) is 8.42 Å². The topological polar surface area (TPSA) is 34.1 Å². The van der Waals surface area contributed by atoms with Crippen LogP contribution in [0.2, 0.25) is 0 Å². The Morgan fingerprint density at radius 1 is 1.43 bits per heavy atom. The molecule has 1 aromatic rings. The standard InChI is InChI=1S/C9H8BrClO2S/c10-7-3-1-2-6(4-7)8-5-9(8)14(11,12)13/h1-4,8-9H,5H2. The quantitative estimate of drug-likeness (QED) is 0.786. The molecule has 2 unspecified atom stereocenters. The fourth-order valence-electron chi connectivity index (χ4n) is 1.57. The van der Waals surface area contributed by atoms with Gasteiger partial charge in [0.15, 0.2) is 0 Å². The summed E-state index contributed by atoms with van der Waals surface area (Å²) >= 11 is 3.35. The van der Waals surface area contributed by atoms with Crippen molar-refractivity contribution in [3.05, 3.63) is 34.3 Å².